The van der Waals surface area contributed by atoms with E-state index in [9.17, 15) is 9.59 Å². The fourth-order valence-electron chi connectivity index (χ4n) is 3.58. The molecule has 1 N–H and O–H groups in total. The number of rotatable bonds is 6. The molecular weight excluding hydrogens is 376 g/mol. The highest BCUT2D eigenvalue weighted by molar-refractivity contribution is 6.04. The van der Waals surface area contributed by atoms with Crippen molar-refractivity contribution in [2.75, 3.05) is 18.4 Å². The predicted molar refractivity (Wildman–Crippen MR) is 120 cm³/mol. The van der Waals surface area contributed by atoms with Gasteiger partial charge in [-0.25, -0.2) is 0 Å². The molecule has 1 aliphatic heterocycles. The van der Waals surface area contributed by atoms with Gasteiger partial charge in [0.15, 0.2) is 6.10 Å². The SMILES string of the molecule is CC1CCN(C(=O)c2ccccc2NC(=O)[C@@H](C)Oc2ccc(C(C)C)cc2)CC1. The maximum atomic E-state index is 13.0. The summed E-state index contributed by atoms with van der Waals surface area (Å²) in [7, 11) is 0. The second kappa shape index (κ2) is 9.79. The van der Waals surface area contributed by atoms with E-state index in [2.05, 4.69) is 26.1 Å². The minimum atomic E-state index is -0.686. The first-order valence-electron chi connectivity index (χ1n) is 10.8. The maximum absolute atomic E-state index is 13.0. The minimum absolute atomic E-state index is 0.0318. The fraction of sp³-hybridized carbons (Fsp3) is 0.440. The van der Waals surface area contributed by atoms with Crippen molar-refractivity contribution in [3.05, 3.63) is 59.7 Å². The number of para-hydroxylation sites is 1. The van der Waals surface area contributed by atoms with Crippen molar-refractivity contribution in [1.29, 1.82) is 0 Å². The first-order valence-corrected chi connectivity index (χ1v) is 10.8. The van der Waals surface area contributed by atoms with Crippen LogP contribution in [0, 0.1) is 5.92 Å². The third-order valence-corrected chi connectivity index (χ3v) is 5.72. The van der Waals surface area contributed by atoms with Gasteiger partial charge in [-0.2, -0.15) is 0 Å². The quantitative estimate of drug-likeness (QED) is 0.724. The Hall–Kier alpha value is -2.82. The number of amides is 2. The molecule has 0 unspecified atom stereocenters. The number of hydrogen-bond donors (Lipinski definition) is 1. The summed E-state index contributed by atoms with van der Waals surface area (Å²) in [6.07, 6.45) is 1.34. The highest BCUT2D eigenvalue weighted by Crippen LogP contribution is 2.23. The van der Waals surface area contributed by atoms with Crippen LogP contribution in [-0.4, -0.2) is 35.9 Å². The molecule has 1 saturated heterocycles. The van der Waals surface area contributed by atoms with E-state index in [0.717, 1.165) is 25.9 Å². The van der Waals surface area contributed by atoms with Gasteiger partial charge >= 0.3 is 0 Å². The van der Waals surface area contributed by atoms with Crippen molar-refractivity contribution >= 4 is 17.5 Å². The largest absolute Gasteiger partial charge is 0.481 e. The molecule has 0 aliphatic carbocycles. The van der Waals surface area contributed by atoms with Gasteiger partial charge in [0.2, 0.25) is 0 Å². The van der Waals surface area contributed by atoms with Crippen LogP contribution in [0.2, 0.25) is 0 Å². The Morgan fingerprint density at radius 2 is 1.63 bits per heavy atom. The second-order valence-electron chi connectivity index (χ2n) is 8.49. The number of nitrogens with zero attached hydrogens (tertiary/aromatic N) is 1. The van der Waals surface area contributed by atoms with Crippen LogP contribution in [0.25, 0.3) is 0 Å². The Balaban J connectivity index is 1.65. The van der Waals surface area contributed by atoms with Crippen LogP contribution in [0.1, 0.15) is 62.4 Å². The molecule has 0 spiro atoms. The maximum Gasteiger partial charge on any atom is 0.265 e. The van der Waals surface area contributed by atoms with Gasteiger partial charge < -0.3 is 15.0 Å². The predicted octanol–water partition coefficient (Wildman–Crippen LogP) is 5.09. The van der Waals surface area contributed by atoms with Crippen LogP contribution in [0.3, 0.4) is 0 Å². The fourth-order valence-corrected chi connectivity index (χ4v) is 3.58. The Morgan fingerprint density at radius 1 is 1.00 bits per heavy atom. The average Bonchev–Trinajstić information content (AvgIpc) is 2.74. The number of ether oxygens (including phenoxy) is 1. The molecule has 2 aromatic rings. The minimum Gasteiger partial charge on any atom is -0.481 e. The molecule has 2 amide bonds. The molecule has 5 heteroatoms. The summed E-state index contributed by atoms with van der Waals surface area (Å²) in [6.45, 7) is 9.71. The molecule has 5 nitrogen and oxygen atoms in total. The van der Waals surface area contributed by atoms with E-state index in [1.807, 2.05) is 41.3 Å². The lowest BCUT2D eigenvalue weighted by Gasteiger charge is -2.31. The van der Waals surface area contributed by atoms with Crippen LogP contribution in [0.5, 0.6) is 5.75 Å². The summed E-state index contributed by atoms with van der Waals surface area (Å²) in [4.78, 5) is 27.6. The Labute approximate surface area is 179 Å². The first-order chi connectivity index (χ1) is 14.3. The standard InChI is InChI=1S/C25H32N2O3/c1-17(2)20-9-11-21(12-10-20)30-19(4)24(28)26-23-8-6-5-7-22(23)25(29)27-15-13-18(3)14-16-27/h5-12,17-19H,13-16H2,1-4H3,(H,26,28)/t19-/m1/s1. The molecular formula is C25H32N2O3. The number of piperidine rings is 1. The van der Waals surface area contributed by atoms with Gasteiger partial charge in [0.1, 0.15) is 5.75 Å². The molecule has 1 heterocycles. The lowest BCUT2D eigenvalue weighted by Crippen LogP contribution is -2.38. The number of carbonyl (C=O) groups is 2. The van der Waals surface area contributed by atoms with Gasteiger partial charge in [-0.3, -0.25) is 9.59 Å². The average molecular weight is 409 g/mol. The van der Waals surface area contributed by atoms with E-state index in [4.69, 9.17) is 4.74 Å². The van der Waals surface area contributed by atoms with E-state index in [-0.39, 0.29) is 11.8 Å². The van der Waals surface area contributed by atoms with Crippen LogP contribution < -0.4 is 10.1 Å². The number of benzene rings is 2. The molecule has 1 fully saturated rings. The number of likely N-dealkylation sites (tertiary alicyclic amines) is 1. The van der Waals surface area contributed by atoms with Crippen molar-refractivity contribution in [3.63, 3.8) is 0 Å². The van der Waals surface area contributed by atoms with Crippen molar-refractivity contribution in [3.8, 4) is 5.75 Å². The smallest absolute Gasteiger partial charge is 0.265 e. The number of anilines is 1. The van der Waals surface area contributed by atoms with Crippen LogP contribution in [-0.2, 0) is 4.79 Å². The molecule has 0 bridgehead atoms. The topological polar surface area (TPSA) is 58.6 Å². The van der Waals surface area contributed by atoms with Crippen LogP contribution in [0.15, 0.2) is 48.5 Å². The summed E-state index contributed by atoms with van der Waals surface area (Å²) in [5, 5.41) is 2.88. The van der Waals surface area contributed by atoms with Gasteiger partial charge in [-0.05, 0) is 61.4 Å². The van der Waals surface area contributed by atoms with E-state index < -0.39 is 6.10 Å². The van der Waals surface area contributed by atoms with E-state index >= 15 is 0 Å². The van der Waals surface area contributed by atoms with Gasteiger partial charge in [0.05, 0.1) is 11.3 Å². The summed E-state index contributed by atoms with van der Waals surface area (Å²) in [5.74, 6) is 1.42. The molecule has 1 atom stereocenters. The van der Waals surface area contributed by atoms with Crippen molar-refractivity contribution in [2.24, 2.45) is 5.92 Å². The summed E-state index contributed by atoms with van der Waals surface area (Å²) < 4.78 is 5.80. The second-order valence-corrected chi connectivity index (χ2v) is 8.49. The van der Waals surface area contributed by atoms with Gasteiger partial charge in [0.25, 0.3) is 11.8 Å². The molecule has 30 heavy (non-hydrogen) atoms. The van der Waals surface area contributed by atoms with Crippen molar-refractivity contribution in [1.82, 2.24) is 4.90 Å². The molecule has 0 aromatic heterocycles. The third kappa shape index (κ3) is 5.41. The number of carbonyl (C=O) groups excluding carboxylic acids is 2. The first kappa shape index (κ1) is 21.9. The van der Waals surface area contributed by atoms with Gasteiger partial charge in [-0.15, -0.1) is 0 Å². The zero-order valence-corrected chi connectivity index (χ0v) is 18.4. The van der Waals surface area contributed by atoms with Gasteiger partial charge in [0, 0.05) is 13.1 Å². The summed E-state index contributed by atoms with van der Waals surface area (Å²) >= 11 is 0. The molecule has 2 aromatic carbocycles. The lowest BCUT2D eigenvalue weighted by atomic mass is 9.98. The normalized spacial score (nSPS) is 15.7. The summed E-state index contributed by atoms with van der Waals surface area (Å²) in [6, 6.07) is 15.0. The highest BCUT2D eigenvalue weighted by Gasteiger charge is 2.24. The Kier molecular flexibility index (Phi) is 7.14. The Morgan fingerprint density at radius 3 is 2.27 bits per heavy atom. The number of nitrogens with one attached hydrogen (secondary N) is 1. The zero-order valence-electron chi connectivity index (χ0n) is 18.4. The lowest BCUT2D eigenvalue weighted by molar-refractivity contribution is -0.122. The van der Waals surface area contributed by atoms with Crippen molar-refractivity contribution < 1.29 is 14.3 Å². The molecule has 0 radical (unpaired) electrons. The third-order valence-electron chi connectivity index (χ3n) is 5.72. The molecule has 160 valence electrons. The van der Waals surface area contributed by atoms with E-state index in [1.54, 1.807) is 19.1 Å². The van der Waals surface area contributed by atoms with Crippen LogP contribution >= 0.6 is 0 Å². The van der Waals surface area contributed by atoms with Crippen molar-refractivity contribution in [2.45, 2.75) is 52.6 Å². The highest BCUT2D eigenvalue weighted by atomic mass is 16.5. The zero-order chi connectivity index (χ0) is 21.7. The molecule has 1 aliphatic rings. The van der Waals surface area contributed by atoms with E-state index in [0.29, 0.717) is 28.8 Å². The molecule has 0 saturated carbocycles. The number of hydrogen-bond acceptors (Lipinski definition) is 3. The monoisotopic (exact) mass is 408 g/mol. The van der Waals surface area contributed by atoms with Gasteiger partial charge in [-0.1, -0.05) is 45.0 Å². The Bertz CT molecular complexity index is 868. The summed E-state index contributed by atoms with van der Waals surface area (Å²) in [5.41, 5.74) is 2.27. The van der Waals surface area contributed by atoms with E-state index in [1.165, 1.54) is 5.56 Å². The van der Waals surface area contributed by atoms with Crippen LogP contribution in [0.4, 0.5) is 5.69 Å². The molecule has 3 rings (SSSR count).